The number of hydrogen-bond donors (Lipinski definition) is 2. The number of amides is 3. The van der Waals surface area contributed by atoms with Crippen molar-refractivity contribution in [3.05, 3.63) is 0 Å². The van der Waals surface area contributed by atoms with Crippen molar-refractivity contribution in [2.24, 2.45) is 5.92 Å². The maximum absolute atomic E-state index is 11.8. The van der Waals surface area contributed by atoms with Crippen molar-refractivity contribution in [3.63, 3.8) is 0 Å². The SMILES string of the molecule is C[C@@H](CO)NC(=O)C1CCN(C(=O)N(C)C)CC1. The second kappa shape index (κ2) is 6.58. The van der Waals surface area contributed by atoms with Crippen molar-refractivity contribution in [2.75, 3.05) is 33.8 Å². The van der Waals surface area contributed by atoms with Crippen LogP contribution in [0.15, 0.2) is 0 Å². The van der Waals surface area contributed by atoms with Crippen molar-refractivity contribution in [2.45, 2.75) is 25.8 Å². The van der Waals surface area contributed by atoms with Crippen LogP contribution >= 0.6 is 0 Å². The van der Waals surface area contributed by atoms with Gasteiger partial charge in [-0.2, -0.15) is 0 Å². The molecule has 1 heterocycles. The first-order valence-electron chi connectivity index (χ1n) is 6.33. The van der Waals surface area contributed by atoms with E-state index in [2.05, 4.69) is 5.32 Å². The third kappa shape index (κ3) is 3.87. The molecule has 0 aromatic carbocycles. The van der Waals surface area contributed by atoms with Crippen LogP contribution in [-0.2, 0) is 4.79 Å². The first kappa shape index (κ1) is 14.8. The molecular formula is C12H23N3O3. The van der Waals surface area contributed by atoms with Crippen LogP contribution in [0, 0.1) is 5.92 Å². The fourth-order valence-corrected chi connectivity index (χ4v) is 2.02. The van der Waals surface area contributed by atoms with Crippen LogP contribution < -0.4 is 5.32 Å². The van der Waals surface area contributed by atoms with E-state index in [1.807, 2.05) is 0 Å². The van der Waals surface area contributed by atoms with E-state index in [9.17, 15) is 9.59 Å². The molecule has 0 spiro atoms. The number of likely N-dealkylation sites (tertiary alicyclic amines) is 1. The van der Waals surface area contributed by atoms with E-state index < -0.39 is 0 Å². The topological polar surface area (TPSA) is 72.9 Å². The van der Waals surface area contributed by atoms with Gasteiger partial charge in [0.1, 0.15) is 0 Å². The number of aliphatic hydroxyl groups is 1. The van der Waals surface area contributed by atoms with Crippen LogP contribution in [0.25, 0.3) is 0 Å². The van der Waals surface area contributed by atoms with Crippen molar-refractivity contribution >= 4 is 11.9 Å². The van der Waals surface area contributed by atoms with E-state index in [0.29, 0.717) is 25.9 Å². The quantitative estimate of drug-likeness (QED) is 0.740. The Labute approximate surface area is 108 Å². The smallest absolute Gasteiger partial charge is 0.319 e. The molecule has 1 aliphatic rings. The Kier molecular flexibility index (Phi) is 5.40. The molecule has 0 aromatic rings. The molecule has 3 amide bonds. The van der Waals surface area contributed by atoms with Crippen LogP contribution in [0.4, 0.5) is 4.79 Å². The second-order valence-corrected chi connectivity index (χ2v) is 5.03. The molecule has 1 saturated heterocycles. The molecule has 6 nitrogen and oxygen atoms in total. The maximum Gasteiger partial charge on any atom is 0.319 e. The number of nitrogens with one attached hydrogen (secondary N) is 1. The molecule has 18 heavy (non-hydrogen) atoms. The zero-order valence-corrected chi connectivity index (χ0v) is 11.3. The highest BCUT2D eigenvalue weighted by atomic mass is 16.3. The number of rotatable bonds is 3. The number of aliphatic hydroxyl groups excluding tert-OH is 1. The summed E-state index contributed by atoms with van der Waals surface area (Å²) in [6.45, 7) is 2.94. The summed E-state index contributed by atoms with van der Waals surface area (Å²) in [5.74, 6) is -0.0706. The van der Waals surface area contributed by atoms with Gasteiger partial charge in [0.05, 0.1) is 6.61 Å². The lowest BCUT2D eigenvalue weighted by Gasteiger charge is -2.33. The zero-order valence-electron chi connectivity index (χ0n) is 11.3. The van der Waals surface area contributed by atoms with E-state index in [1.165, 1.54) is 0 Å². The molecule has 2 N–H and O–H groups in total. The van der Waals surface area contributed by atoms with Gasteiger partial charge in [0.25, 0.3) is 0 Å². The molecule has 6 heteroatoms. The summed E-state index contributed by atoms with van der Waals surface area (Å²) in [6.07, 6.45) is 1.37. The summed E-state index contributed by atoms with van der Waals surface area (Å²) in [4.78, 5) is 26.9. The first-order chi connectivity index (χ1) is 8.45. The number of nitrogens with zero attached hydrogens (tertiary/aromatic N) is 2. The molecule has 0 aliphatic carbocycles. The maximum atomic E-state index is 11.8. The van der Waals surface area contributed by atoms with Crippen LogP contribution in [0.1, 0.15) is 19.8 Å². The zero-order chi connectivity index (χ0) is 13.7. The molecule has 1 fully saturated rings. The van der Waals surface area contributed by atoms with Gasteiger partial charge >= 0.3 is 6.03 Å². The van der Waals surface area contributed by atoms with Crippen LogP contribution in [0.3, 0.4) is 0 Å². The van der Waals surface area contributed by atoms with Crippen molar-refractivity contribution < 1.29 is 14.7 Å². The Balaban J connectivity index is 2.39. The molecule has 1 rings (SSSR count). The van der Waals surface area contributed by atoms with Gasteiger partial charge in [-0.25, -0.2) is 4.79 Å². The summed E-state index contributed by atoms with van der Waals surface area (Å²) in [7, 11) is 3.45. The standard InChI is InChI=1S/C12H23N3O3/c1-9(8-16)13-11(17)10-4-6-15(7-5-10)12(18)14(2)3/h9-10,16H,4-8H2,1-3H3,(H,13,17)/t9-/m0/s1. The highest BCUT2D eigenvalue weighted by molar-refractivity contribution is 5.79. The lowest BCUT2D eigenvalue weighted by Crippen LogP contribution is -2.47. The van der Waals surface area contributed by atoms with Crippen LogP contribution in [-0.4, -0.2) is 66.7 Å². The van der Waals surface area contributed by atoms with Gasteiger partial charge in [-0.1, -0.05) is 0 Å². The van der Waals surface area contributed by atoms with Crippen LogP contribution in [0.2, 0.25) is 0 Å². The van der Waals surface area contributed by atoms with Gasteiger partial charge in [-0.05, 0) is 19.8 Å². The predicted molar refractivity (Wildman–Crippen MR) is 68.1 cm³/mol. The number of urea groups is 1. The third-order valence-corrected chi connectivity index (χ3v) is 3.18. The molecule has 104 valence electrons. The van der Waals surface area contributed by atoms with Crippen molar-refractivity contribution in [3.8, 4) is 0 Å². The van der Waals surface area contributed by atoms with E-state index in [0.717, 1.165) is 0 Å². The van der Waals surface area contributed by atoms with Gasteiger partial charge in [-0.3, -0.25) is 4.79 Å². The van der Waals surface area contributed by atoms with Gasteiger partial charge in [0.15, 0.2) is 0 Å². The van der Waals surface area contributed by atoms with Gasteiger partial charge in [0.2, 0.25) is 5.91 Å². The monoisotopic (exact) mass is 257 g/mol. The van der Waals surface area contributed by atoms with Gasteiger partial charge in [-0.15, -0.1) is 0 Å². The molecule has 0 saturated carbocycles. The normalized spacial score (nSPS) is 18.3. The fraction of sp³-hybridized carbons (Fsp3) is 0.833. The molecule has 1 aliphatic heterocycles. The third-order valence-electron chi connectivity index (χ3n) is 3.18. The Bertz CT molecular complexity index is 299. The summed E-state index contributed by atoms with van der Waals surface area (Å²) in [6, 6.07) is -0.212. The Morgan fingerprint density at radius 3 is 2.39 bits per heavy atom. The Hall–Kier alpha value is -1.30. The van der Waals surface area contributed by atoms with E-state index in [1.54, 1.807) is 30.8 Å². The van der Waals surface area contributed by atoms with Gasteiger partial charge in [0, 0.05) is 39.1 Å². The number of carbonyl (C=O) groups is 2. The van der Waals surface area contributed by atoms with Crippen molar-refractivity contribution in [1.82, 2.24) is 15.1 Å². The van der Waals surface area contributed by atoms with Crippen LogP contribution in [0.5, 0.6) is 0 Å². The minimum absolute atomic E-state index is 0.00224. The minimum Gasteiger partial charge on any atom is -0.394 e. The molecule has 0 radical (unpaired) electrons. The molecule has 1 atom stereocenters. The largest absolute Gasteiger partial charge is 0.394 e. The number of piperidine rings is 1. The van der Waals surface area contributed by atoms with Gasteiger partial charge < -0.3 is 20.2 Å². The second-order valence-electron chi connectivity index (χ2n) is 5.03. The predicted octanol–water partition coefficient (Wildman–Crippen LogP) is -0.123. The van der Waals surface area contributed by atoms with Crippen molar-refractivity contribution in [1.29, 1.82) is 0 Å². The molecule has 0 bridgehead atoms. The summed E-state index contributed by atoms with van der Waals surface area (Å²) >= 11 is 0. The fourth-order valence-electron chi connectivity index (χ4n) is 2.02. The molecular weight excluding hydrogens is 234 g/mol. The highest BCUT2D eigenvalue weighted by Gasteiger charge is 2.28. The first-order valence-corrected chi connectivity index (χ1v) is 6.33. The minimum atomic E-state index is -0.209. The molecule has 0 unspecified atom stereocenters. The Morgan fingerprint density at radius 2 is 1.94 bits per heavy atom. The Morgan fingerprint density at radius 1 is 1.39 bits per heavy atom. The number of hydrogen-bond acceptors (Lipinski definition) is 3. The average molecular weight is 257 g/mol. The van der Waals surface area contributed by atoms with E-state index >= 15 is 0 Å². The molecule has 0 aromatic heterocycles. The summed E-state index contributed by atoms with van der Waals surface area (Å²) in [5.41, 5.74) is 0. The summed E-state index contributed by atoms with van der Waals surface area (Å²) < 4.78 is 0. The van der Waals surface area contributed by atoms with E-state index in [4.69, 9.17) is 5.11 Å². The average Bonchev–Trinajstić information content (AvgIpc) is 2.37. The summed E-state index contributed by atoms with van der Waals surface area (Å²) in [5, 5.41) is 11.6. The lowest BCUT2D eigenvalue weighted by atomic mass is 9.96. The highest BCUT2D eigenvalue weighted by Crippen LogP contribution is 2.18. The number of carbonyl (C=O) groups excluding carboxylic acids is 2. The van der Waals surface area contributed by atoms with E-state index in [-0.39, 0.29) is 30.5 Å². The lowest BCUT2D eigenvalue weighted by molar-refractivity contribution is -0.127.